The summed E-state index contributed by atoms with van der Waals surface area (Å²) in [5.41, 5.74) is 1.74. The summed E-state index contributed by atoms with van der Waals surface area (Å²) in [6, 6.07) is 11.9. The first-order valence-electron chi connectivity index (χ1n) is 8.73. The second-order valence-corrected chi connectivity index (χ2v) is 6.74. The third-order valence-electron chi connectivity index (χ3n) is 5.04. The minimum absolute atomic E-state index is 0.189. The molecule has 2 atom stereocenters. The van der Waals surface area contributed by atoms with Crippen LogP contribution in [0.25, 0.3) is 0 Å². The molecule has 2 aromatic rings. The van der Waals surface area contributed by atoms with Crippen molar-refractivity contribution in [1.82, 2.24) is 4.90 Å². The van der Waals surface area contributed by atoms with Gasteiger partial charge in [0.2, 0.25) is 6.79 Å². The van der Waals surface area contributed by atoms with Crippen LogP contribution in [0.5, 0.6) is 11.5 Å². The quantitative estimate of drug-likeness (QED) is 0.908. The van der Waals surface area contributed by atoms with Gasteiger partial charge in [-0.15, -0.1) is 0 Å². The number of benzene rings is 2. The highest BCUT2D eigenvalue weighted by atomic mass is 19.1. The lowest BCUT2D eigenvalue weighted by Crippen LogP contribution is -2.41. The van der Waals surface area contributed by atoms with E-state index in [9.17, 15) is 14.3 Å². The van der Waals surface area contributed by atoms with Gasteiger partial charge in [0, 0.05) is 6.54 Å². The van der Waals surface area contributed by atoms with Crippen LogP contribution >= 0.6 is 0 Å². The van der Waals surface area contributed by atoms with Crippen LogP contribution in [0, 0.1) is 11.7 Å². The number of carboxylic acids is 1. The number of halogens is 1. The Morgan fingerprint density at radius 1 is 1.15 bits per heavy atom. The van der Waals surface area contributed by atoms with Gasteiger partial charge in [-0.1, -0.05) is 18.2 Å². The fourth-order valence-electron chi connectivity index (χ4n) is 3.82. The first-order valence-corrected chi connectivity index (χ1v) is 8.73. The predicted molar refractivity (Wildman–Crippen MR) is 92.7 cm³/mol. The molecule has 0 aliphatic carbocycles. The summed E-state index contributed by atoms with van der Waals surface area (Å²) in [6.07, 6.45) is 1.47. The van der Waals surface area contributed by atoms with E-state index in [1.54, 1.807) is 6.07 Å². The van der Waals surface area contributed by atoms with Crippen molar-refractivity contribution in [2.24, 2.45) is 5.92 Å². The molecule has 2 aliphatic rings. The first-order chi connectivity index (χ1) is 12.6. The largest absolute Gasteiger partial charge is 0.481 e. The minimum atomic E-state index is -0.779. The van der Waals surface area contributed by atoms with Crippen LogP contribution in [-0.4, -0.2) is 35.9 Å². The van der Waals surface area contributed by atoms with E-state index in [2.05, 4.69) is 4.90 Å². The third-order valence-corrected chi connectivity index (χ3v) is 5.04. The number of fused-ring (bicyclic) bond motifs is 1. The highest BCUT2D eigenvalue weighted by Crippen LogP contribution is 2.39. The summed E-state index contributed by atoms with van der Waals surface area (Å²) >= 11 is 0. The number of rotatable bonds is 4. The molecule has 2 aliphatic heterocycles. The van der Waals surface area contributed by atoms with Gasteiger partial charge in [-0.2, -0.15) is 0 Å². The molecule has 0 bridgehead atoms. The number of nitrogens with zero attached hydrogens (tertiary/aromatic N) is 1. The van der Waals surface area contributed by atoms with Crippen LogP contribution in [0.2, 0.25) is 0 Å². The number of piperidine rings is 1. The van der Waals surface area contributed by atoms with Crippen molar-refractivity contribution in [1.29, 1.82) is 0 Å². The van der Waals surface area contributed by atoms with Crippen LogP contribution in [0.4, 0.5) is 4.39 Å². The van der Waals surface area contributed by atoms with E-state index in [1.807, 2.05) is 24.3 Å². The number of carbonyl (C=O) groups is 1. The van der Waals surface area contributed by atoms with Gasteiger partial charge in [-0.05, 0) is 54.8 Å². The van der Waals surface area contributed by atoms with E-state index in [4.69, 9.17) is 9.47 Å². The Morgan fingerprint density at radius 2 is 1.96 bits per heavy atom. The maximum absolute atomic E-state index is 13.9. The van der Waals surface area contributed by atoms with Gasteiger partial charge in [0.25, 0.3) is 0 Å². The zero-order valence-electron chi connectivity index (χ0n) is 14.2. The number of hydrogen-bond donors (Lipinski definition) is 1. The lowest BCUT2D eigenvalue weighted by Gasteiger charge is -2.37. The number of carboxylic acid groups (broad SMARTS) is 1. The van der Waals surface area contributed by atoms with Gasteiger partial charge < -0.3 is 14.6 Å². The average Bonchev–Trinajstić information content (AvgIpc) is 3.10. The van der Waals surface area contributed by atoms with Crippen LogP contribution < -0.4 is 9.47 Å². The highest BCUT2D eigenvalue weighted by Gasteiger charge is 2.32. The SMILES string of the molecule is O=C(O)C1CCCN(C(c2cccc(F)c2)c2ccc3c(c2)OCO3)C1. The molecule has 26 heavy (non-hydrogen) atoms. The molecule has 6 heteroatoms. The molecule has 0 saturated carbocycles. The highest BCUT2D eigenvalue weighted by molar-refractivity contribution is 5.70. The molecule has 0 amide bonds. The molecule has 0 radical (unpaired) electrons. The molecule has 1 saturated heterocycles. The summed E-state index contributed by atoms with van der Waals surface area (Å²) in [7, 11) is 0. The third kappa shape index (κ3) is 3.24. The molecular formula is C20H20FNO4. The van der Waals surface area contributed by atoms with Crippen LogP contribution in [-0.2, 0) is 4.79 Å². The van der Waals surface area contributed by atoms with Crippen molar-refractivity contribution in [3.8, 4) is 11.5 Å². The molecule has 4 rings (SSSR count). The zero-order valence-corrected chi connectivity index (χ0v) is 14.2. The Bertz CT molecular complexity index is 825. The predicted octanol–water partition coefficient (Wildman–Crippen LogP) is 3.44. The summed E-state index contributed by atoms with van der Waals surface area (Å²) < 4.78 is 24.7. The van der Waals surface area contributed by atoms with Crippen molar-refractivity contribution < 1.29 is 23.8 Å². The smallest absolute Gasteiger partial charge is 0.307 e. The molecule has 0 aromatic heterocycles. The zero-order chi connectivity index (χ0) is 18.1. The molecule has 2 unspecified atom stereocenters. The standard InChI is InChI=1S/C20H20FNO4/c21-16-5-1-3-13(9-16)19(22-8-2-4-15(11-22)20(23)24)14-6-7-17-18(10-14)26-12-25-17/h1,3,5-7,9-10,15,19H,2,4,8,11-12H2,(H,23,24). The van der Waals surface area contributed by atoms with Crippen molar-refractivity contribution >= 4 is 5.97 Å². The van der Waals surface area contributed by atoms with Gasteiger partial charge in [0.1, 0.15) is 5.82 Å². The monoisotopic (exact) mass is 357 g/mol. The van der Waals surface area contributed by atoms with Gasteiger partial charge in [-0.3, -0.25) is 9.69 Å². The molecule has 1 fully saturated rings. The maximum Gasteiger partial charge on any atom is 0.307 e. The summed E-state index contributed by atoms with van der Waals surface area (Å²) in [4.78, 5) is 13.6. The summed E-state index contributed by atoms with van der Waals surface area (Å²) in [6.45, 7) is 1.39. The second kappa shape index (κ2) is 6.96. The summed E-state index contributed by atoms with van der Waals surface area (Å²) in [5, 5.41) is 9.43. The number of likely N-dealkylation sites (tertiary alicyclic amines) is 1. The molecule has 136 valence electrons. The van der Waals surface area contributed by atoms with E-state index in [0.29, 0.717) is 24.5 Å². The Labute approximate surface area is 151 Å². The summed E-state index contributed by atoms with van der Waals surface area (Å²) in [5.74, 6) is -0.142. The molecular weight excluding hydrogens is 337 g/mol. The van der Waals surface area contributed by atoms with Crippen molar-refractivity contribution in [2.75, 3.05) is 19.9 Å². The minimum Gasteiger partial charge on any atom is -0.481 e. The molecule has 0 spiro atoms. The lowest BCUT2D eigenvalue weighted by molar-refractivity contribution is -0.143. The molecule has 5 nitrogen and oxygen atoms in total. The lowest BCUT2D eigenvalue weighted by atomic mass is 9.91. The van der Waals surface area contributed by atoms with Crippen LogP contribution in [0.3, 0.4) is 0 Å². The number of ether oxygens (including phenoxy) is 2. The normalized spacial score (nSPS) is 20.7. The Hall–Kier alpha value is -2.60. The second-order valence-electron chi connectivity index (χ2n) is 6.74. The van der Waals surface area contributed by atoms with Crippen molar-refractivity contribution in [3.63, 3.8) is 0 Å². The van der Waals surface area contributed by atoms with Gasteiger partial charge in [-0.25, -0.2) is 4.39 Å². The van der Waals surface area contributed by atoms with Crippen molar-refractivity contribution in [2.45, 2.75) is 18.9 Å². The van der Waals surface area contributed by atoms with E-state index in [1.165, 1.54) is 12.1 Å². The molecule has 2 aromatic carbocycles. The van der Waals surface area contributed by atoms with E-state index in [-0.39, 0.29) is 18.7 Å². The fraction of sp³-hybridized carbons (Fsp3) is 0.350. The van der Waals surface area contributed by atoms with Gasteiger partial charge >= 0.3 is 5.97 Å². The fourth-order valence-corrected chi connectivity index (χ4v) is 3.82. The molecule has 2 heterocycles. The topological polar surface area (TPSA) is 59.0 Å². The number of aliphatic carboxylic acids is 1. The van der Waals surface area contributed by atoms with Crippen molar-refractivity contribution in [3.05, 3.63) is 59.4 Å². The Morgan fingerprint density at radius 3 is 2.77 bits per heavy atom. The van der Waals surface area contributed by atoms with Gasteiger partial charge in [0.15, 0.2) is 11.5 Å². The van der Waals surface area contributed by atoms with E-state index < -0.39 is 11.9 Å². The Balaban J connectivity index is 1.73. The average molecular weight is 357 g/mol. The first kappa shape index (κ1) is 16.8. The molecule has 1 N–H and O–H groups in total. The van der Waals surface area contributed by atoms with Gasteiger partial charge in [0.05, 0.1) is 12.0 Å². The Kier molecular flexibility index (Phi) is 4.51. The van der Waals surface area contributed by atoms with E-state index >= 15 is 0 Å². The number of hydrogen-bond acceptors (Lipinski definition) is 4. The van der Waals surface area contributed by atoms with Crippen LogP contribution in [0.15, 0.2) is 42.5 Å². The maximum atomic E-state index is 13.9. The van der Waals surface area contributed by atoms with Crippen LogP contribution in [0.1, 0.15) is 30.0 Å². The van der Waals surface area contributed by atoms with E-state index in [0.717, 1.165) is 24.1 Å².